The molecule has 44 heavy (non-hydrogen) atoms. The second-order valence-electron chi connectivity index (χ2n) is 12.6. The van der Waals surface area contributed by atoms with E-state index < -0.39 is 0 Å². The lowest BCUT2D eigenvalue weighted by molar-refractivity contribution is 0.826. The third-order valence-electron chi connectivity index (χ3n) is 9.14. The van der Waals surface area contributed by atoms with Crippen molar-refractivity contribution in [3.8, 4) is 22.3 Å². The molecule has 0 fully saturated rings. The molecule has 0 aliphatic carbocycles. The van der Waals surface area contributed by atoms with Gasteiger partial charge in [-0.05, 0) is 84.6 Å². The zero-order valence-corrected chi connectivity index (χ0v) is 25.6. The monoisotopic (exact) mass is 566 g/mol. The maximum atomic E-state index is 5.17. The second-order valence-corrected chi connectivity index (χ2v) is 12.6. The molecule has 0 amide bonds. The number of benzene rings is 6. The van der Waals surface area contributed by atoms with Gasteiger partial charge in [0.15, 0.2) is 0 Å². The van der Waals surface area contributed by atoms with Crippen LogP contribution in [0.1, 0.15) is 50.9 Å². The largest absolute Gasteiger partial charge is 0.250 e. The standard InChI is InChI=1S/C42H34N2/c1-25(2)39-22-19-29-17-21-36-37(24-40(26(3)4)44-42(36)41(29)43-39)28-15-13-27(14-16-28)30-18-20-35-33-11-6-5-9-31(33)32-10-7-8-12-34(32)38(35)23-30/h5-26H,1-4H3. The number of aromatic nitrogens is 2. The highest BCUT2D eigenvalue weighted by atomic mass is 14.8. The molecule has 212 valence electrons. The minimum atomic E-state index is 0.310. The zero-order chi connectivity index (χ0) is 29.9. The van der Waals surface area contributed by atoms with Crippen LogP contribution in [0.5, 0.6) is 0 Å². The van der Waals surface area contributed by atoms with Crippen molar-refractivity contribution in [2.75, 3.05) is 0 Å². The Kier molecular flexibility index (Phi) is 6.20. The molecule has 2 aromatic heterocycles. The quantitative estimate of drug-likeness (QED) is 0.198. The van der Waals surface area contributed by atoms with Gasteiger partial charge in [-0.15, -0.1) is 0 Å². The number of nitrogens with zero attached hydrogens (tertiary/aromatic N) is 2. The Morgan fingerprint density at radius 3 is 1.52 bits per heavy atom. The van der Waals surface area contributed by atoms with Crippen LogP contribution in [0.15, 0.2) is 121 Å². The van der Waals surface area contributed by atoms with Crippen LogP contribution < -0.4 is 0 Å². The summed E-state index contributed by atoms with van der Waals surface area (Å²) in [5.41, 5.74) is 9.01. The fraction of sp³-hybridized carbons (Fsp3) is 0.143. The molecule has 8 rings (SSSR count). The lowest BCUT2D eigenvalue weighted by Crippen LogP contribution is -1.99. The SMILES string of the molecule is CC(C)c1ccc2ccc3c(-c4ccc(-c5ccc6c7ccccc7c7ccccc7c6c5)cc4)cc(C(C)C)nc3c2n1. The van der Waals surface area contributed by atoms with Crippen molar-refractivity contribution in [1.29, 1.82) is 0 Å². The van der Waals surface area contributed by atoms with Gasteiger partial charge in [0, 0.05) is 22.2 Å². The molecule has 6 aromatic carbocycles. The van der Waals surface area contributed by atoms with Gasteiger partial charge in [0.25, 0.3) is 0 Å². The van der Waals surface area contributed by atoms with Crippen molar-refractivity contribution in [2.45, 2.75) is 39.5 Å². The molecule has 2 heteroatoms. The summed E-state index contributed by atoms with van der Waals surface area (Å²) in [7, 11) is 0. The van der Waals surface area contributed by atoms with Crippen LogP contribution >= 0.6 is 0 Å². The van der Waals surface area contributed by atoms with Gasteiger partial charge < -0.3 is 0 Å². The summed E-state index contributed by atoms with van der Waals surface area (Å²) in [6.07, 6.45) is 0. The molecule has 0 atom stereocenters. The van der Waals surface area contributed by atoms with Gasteiger partial charge in [-0.2, -0.15) is 0 Å². The van der Waals surface area contributed by atoms with Gasteiger partial charge in [0.05, 0.1) is 11.0 Å². The molecule has 0 radical (unpaired) electrons. The summed E-state index contributed by atoms with van der Waals surface area (Å²) in [4.78, 5) is 10.3. The fourth-order valence-electron chi connectivity index (χ4n) is 6.69. The average molecular weight is 567 g/mol. The highest BCUT2D eigenvalue weighted by Gasteiger charge is 2.15. The Morgan fingerprint density at radius 2 is 0.886 bits per heavy atom. The smallest absolute Gasteiger partial charge is 0.0974 e. The number of pyridine rings is 2. The van der Waals surface area contributed by atoms with Crippen LogP contribution in [0.2, 0.25) is 0 Å². The molecule has 0 aliphatic rings. The van der Waals surface area contributed by atoms with E-state index in [1.165, 1.54) is 54.6 Å². The summed E-state index contributed by atoms with van der Waals surface area (Å²) >= 11 is 0. The van der Waals surface area contributed by atoms with Crippen molar-refractivity contribution in [1.82, 2.24) is 9.97 Å². The summed E-state index contributed by atoms with van der Waals surface area (Å²) in [5.74, 6) is 0.672. The van der Waals surface area contributed by atoms with E-state index in [1.807, 2.05) is 0 Å². The van der Waals surface area contributed by atoms with E-state index in [4.69, 9.17) is 9.97 Å². The molecule has 0 unspecified atom stereocenters. The predicted molar refractivity (Wildman–Crippen MR) is 189 cm³/mol. The van der Waals surface area contributed by atoms with E-state index in [2.05, 4.69) is 149 Å². The third-order valence-corrected chi connectivity index (χ3v) is 9.14. The minimum absolute atomic E-state index is 0.310. The van der Waals surface area contributed by atoms with Gasteiger partial charge >= 0.3 is 0 Å². The second kappa shape index (κ2) is 10.3. The van der Waals surface area contributed by atoms with Crippen LogP contribution in [0.3, 0.4) is 0 Å². The Labute approximate surface area is 258 Å². The van der Waals surface area contributed by atoms with Crippen LogP contribution in [0.25, 0.3) is 76.4 Å². The van der Waals surface area contributed by atoms with E-state index in [0.717, 1.165) is 33.2 Å². The van der Waals surface area contributed by atoms with Crippen LogP contribution in [0, 0.1) is 0 Å². The molecule has 2 heterocycles. The van der Waals surface area contributed by atoms with Crippen LogP contribution in [0.4, 0.5) is 0 Å². The Morgan fingerprint density at radius 1 is 0.386 bits per heavy atom. The molecular weight excluding hydrogens is 532 g/mol. The van der Waals surface area contributed by atoms with Gasteiger partial charge in [-0.1, -0.05) is 131 Å². The van der Waals surface area contributed by atoms with Gasteiger partial charge in [-0.25, -0.2) is 0 Å². The van der Waals surface area contributed by atoms with E-state index in [0.29, 0.717) is 11.8 Å². The first-order valence-corrected chi connectivity index (χ1v) is 15.6. The van der Waals surface area contributed by atoms with Gasteiger partial charge in [-0.3, -0.25) is 9.97 Å². The first-order chi connectivity index (χ1) is 21.5. The summed E-state index contributed by atoms with van der Waals surface area (Å²) in [6.45, 7) is 8.82. The predicted octanol–water partition coefficient (Wildman–Crippen LogP) is 11.8. The molecule has 2 nitrogen and oxygen atoms in total. The van der Waals surface area contributed by atoms with Crippen LogP contribution in [-0.2, 0) is 0 Å². The summed E-state index contributed by atoms with van der Waals surface area (Å²) < 4.78 is 0. The van der Waals surface area contributed by atoms with Gasteiger partial charge in [0.2, 0.25) is 0 Å². The molecule has 0 bridgehead atoms. The number of rotatable bonds is 4. The molecular formula is C42H34N2. The lowest BCUT2D eigenvalue weighted by Gasteiger charge is -2.15. The van der Waals surface area contributed by atoms with E-state index in [9.17, 15) is 0 Å². The summed E-state index contributed by atoms with van der Waals surface area (Å²) in [6, 6.07) is 44.5. The molecule has 0 saturated carbocycles. The molecule has 0 spiro atoms. The topological polar surface area (TPSA) is 25.8 Å². The Hall–Kier alpha value is -5.08. The maximum Gasteiger partial charge on any atom is 0.0974 e. The highest BCUT2D eigenvalue weighted by Crippen LogP contribution is 2.38. The highest BCUT2D eigenvalue weighted by molar-refractivity contribution is 6.25. The minimum Gasteiger partial charge on any atom is -0.250 e. The van der Waals surface area contributed by atoms with E-state index in [1.54, 1.807) is 0 Å². The maximum absolute atomic E-state index is 5.17. The van der Waals surface area contributed by atoms with Crippen molar-refractivity contribution in [3.05, 3.63) is 133 Å². The number of fused-ring (bicyclic) bond motifs is 9. The van der Waals surface area contributed by atoms with E-state index in [-0.39, 0.29) is 0 Å². The third kappa shape index (κ3) is 4.25. The average Bonchev–Trinajstić information content (AvgIpc) is 3.07. The fourth-order valence-corrected chi connectivity index (χ4v) is 6.69. The Balaban J connectivity index is 1.28. The first kappa shape index (κ1) is 26.5. The van der Waals surface area contributed by atoms with Crippen molar-refractivity contribution in [2.24, 2.45) is 0 Å². The van der Waals surface area contributed by atoms with Crippen molar-refractivity contribution in [3.63, 3.8) is 0 Å². The number of hydrogen-bond donors (Lipinski definition) is 0. The van der Waals surface area contributed by atoms with E-state index >= 15 is 0 Å². The molecule has 0 N–H and O–H groups in total. The normalized spacial score (nSPS) is 12.0. The van der Waals surface area contributed by atoms with Gasteiger partial charge in [0.1, 0.15) is 0 Å². The lowest BCUT2D eigenvalue weighted by atomic mass is 9.91. The summed E-state index contributed by atoms with van der Waals surface area (Å²) in [5, 5.41) is 10.1. The van der Waals surface area contributed by atoms with Crippen molar-refractivity contribution >= 4 is 54.1 Å². The zero-order valence-electron chi connectivity index (χ0n) is 25.6. The Bertz CT molecular complexity index is 2350. The molecule has 0 aliphatic heterocycles. The molecule has 0 saturated heterocycles. The molecule has 8 aromatic rings. The van der Waals surface area contributed by atoms with Crippen molar-refractivity contribution < 1.29 is 0 Å². The van der Waals surface area contributed by atoms with Crippen LogP contribution in [-0.4, -0.2) is 9.97 Å². The number of hydrogen-bond acceptors (Lipinski definition) is 2. The first-order valence-electron chi connectivity index (χ1n) is 15.6.